The summed E-state index contributed by atoms with van der Waals surface area (Å²) < 4.78 is 10.7. The summed E-state index contributed by atoms with van der Waals surface area (Å²) in [5, 5.41) is 3.52. The number of aryl methyl sites for hydroxylation is 2. The zero-order valence-electron chi connectivity index (χ0n) is 14.9. The molecule has 0 aliphatic heterocycles. The Labute approximate surface area is 152 Å². The van der Waals surface area contributed by atoms with E-state index >= 15 is 0 Å². The molecule has 0 saturated heterocycles. The smallest absolute Gasteiger partial charge is 0.325 e. The minimum atomic E-state index is -0.467. The molecule has 0 spiro atoms. The lowest BCUT2D eigenvalue weighted by atomic mass is 10.0. The third-order valence-electron chi connectivity index (χ3n) is 4.37. The lowest BCUT2D eigenvalue weighted by Gasteiger charge is -2.06. The van der Waals surface area contributed by atoms with Crippen molar-refractivity contribution in [1.82, 2.24) is 5.32 Å². The van der Waals surface area contributed by atoms with Crippen LogP contribution in [-0.4, -0.2) is 18.4 Å². The summed E-state index contributed by atoms with van der Waals surface area (Å²) in [6.07, 6.45) is 1.76. The van der Waals surface area contributed by atoms with Gasteiger partial charge in [0.05, 0.1) is 12.7 Å². The summed E-state index contributed by atoms with van der Waals surface area (Å²) in [6.45, 7) is 4.05. The Bertz CT molecular complexity index is 928. The molecule has 0 saturated carbocycles. The molecule has 0 fully saturated rings. The third kappa shape index (κ3) is 4.11. The van der Waals surface area contributed by atoms with Crippen molar-refractivity contribution in [2.75, 3.05) is 6.54 Å². The van der Waals surface area contributed by atoms with Gasteiger partial charge >= 0.3 is 5.97 Å². The number of ether oxygens (including phenoxy) is 1. The Morgan fingerprint density at radius 3 is 2.62 bits per heavy atom. The first-order chi connectivity index (χ1) is 12.5. The molecule has 0 radical (unpaired) electrons. The van der Waals surface area contributed by atoms with Gasteiger partial charge in [-0.2, -0.15) is 0 Å². The summed E-state index contributed by atoms with van der Waals surface area (Å²) in [5.41, 5.74) is 4.72. The zero-order chi connectivity index (χ0) is 18.5. The van der Waals surface area contributed by atoms with Crippen molar-refractivity contribution in [1.29, 1.82) is 0 Å². The molecule has 5 nitrogen and oxygen atoms in total. The molecule has 0 unspecified atom stereocenters. The fraction of sp³-hybridized carbons (Fsp3) is 0.238. The zero-order valence-corrected chi connectivity index (χ0v) is 14.9. The molecule has 0 bridgehead atoms. The van der Waals surface area contributed by atoms with Gasteiger partial charge in [0.25, 0.3) is 0 Å². The Hall–Kier alpha value is -3.08. The first kappa shape index (κ1) is 17.7. The third-order valence-corrected chi connectivity index (χ3v) is 4.37. The first-order valence-electron chi connectivity index (χ1n) is 8.47. The molecule has 1 aromatic heterocycles. The number of benzene rings is 2. The number of carbonyl (C=O) groups excluding carboxylic acids is 2. The van der Waals surface area contributed by atoms with Crippen LogP contribution in [0.15, 0.2) is 53.1 Å². The number of fused-ring (bicyclic) bond motifs is 1. The second kappa shape index (κ2) is 7.87. The van der Waals surface area contributed by atoms with Crippen LogP contribution in [0.1, 0.15) is 22.3 Å². The predicted molar refractivity (Wildman–Crippen MR) is 98.6 cm³/mol. The average Bonchev–Trinajstić information content (AvgIpc) is 3.05. The molecule has 0 atom stereocenters. The summed E-state index contributed by atoms with van der Waals surface area (Å²) in [7, 11) is 0. The van der Waals surface area contributed by atoms with Crippen LogP contribution in [0.2, 0.25) is 0 Å². The molecular formula is C21H21NO4. The van der Waals surface area contributed by atoms with Gasteiger partial charge in [0.1, 0.15) is 18.7 Å². The highest BCUT2D eigenvalue weighted by Gasteiger charge is 2.14. The number of amides is 1. The van der Waals surface area contributed by atoms with E-state index in [2.05, 4.69) is 5.32 Å². The number of furan rings is 1. The fourth-order valence-corrected chi connectivity index (χ4v) is 2.72. The highest BCUT2D eigenvalue weighted by atomic mass is 16.5. The lowest BCUT2D eigenvalue weighted by molar-refractivity contribution is -0.145. The summed E-state index contributed by atoms with van der Waals surface area (Å²) >= 11 is 0. The van der Waals surface area contributed by atoms with Gasteiger partial charge in [-0.3, -0.25) is 9.59 Å². The molecule has 1 N–H and O–H groups in total. The normalized spacial score (nSPS) is 10.7. The van der Waals surface area contributed by atoms with Crippen molar-refractivity contribution in [2.45, 2.75) is 26.9 Å². The number of hydrogen-bond donors (Lipinski definition) is 1. The standard InChI is InChI=1S/C21H21NO4/c1-14-8-9-18-17(13-26-21(18)15(14)2)10-19(23)22-11-20(24)25-12-16-6-4-3-5-7-16/h3-9,13H,10-12H2,1-2H3,(H,22,23). The molecule has 1 heterocycles. The largest absolute Gasteiger partial charge is 0.464 e. The number of hydrogen-bond acceptors (Lipinski definition) is 4. The van der Waals surface area contributed by atoms with Crippen molar-refractivity contribution in [3.8, 4) is 0 Å². The van der Waals surface area contributed by atoms with E-state index < -0.39 is 5.97 Å². The Morgan fingerprint density at radius 2 is 1.85 bits per heavy atom. The quantitative estimate of drug-likeness (QED) is 0.691. The maximum atomic E-state index is 12.1. The van der Waals surface area contributed by atoms with E-state index in [1.807, 2.05) is 56.3 Å². The maximum Gasteiger partial charge on any atom is 0.325 e. The van der Waals surface area contributed by atoms with E-state index in [1.165, 1.54) is 0 Å². The van der Waals surface area contributed by atoms with Crippen LogP contribution in [0.25, 0.3) is 11.0 Å². The van der Waals surface area contributed by atoms with Gasteiger partial charge in [0.2, 0.25) is 5.91 Å². The molecule has 2 aromatic carbocycles. The summed E-state index contributed by atoms with van der Waals surface area (Å²) in [4.78, 5) is 23.9. The van der Waals surface area contributed by atoms with Crippen LogP contribution in [-0.2, 0) is 27.4 Å². The topological polar surface area (TPSA) is 68.5 Å². The van der Waals surface area contributed by atoms with E-state index in [1.54, 1.807) is 6.26 Å². The Kier molecular flexibility index (Phi) is 5.37. The van der Waals surface area contributed by atoms with E-state index in [9.17, 15) is 9.59 Å². The highest BCUT2D eigenvalue weighted by molar-refractivity contribution is 5.90. The minimum Gasteiger partial charge on any atom is -0.464 e. The van der Waals surface area contributed by atoms with Gasteiger partial charge in [-0.15, -0.1) is 0 Å². The van der Waals surface area contributed by atoms with Crippen LogP contribution in [0.4, 0.5) is 0 Å². The van der Waals surface area contributed by atoms with E-state index in [4.69, 9.17) is 9.15 Å². The van der Waals surface area contributed by atoms with Crippen molar-refractivity contribution < 1.29 is 18.7 Å². The monoisotopic (exact) mass is 351 g/mol. The maximum absolute atomic E-state index is 12.1. The summed E-state index contributed by atoms with van der Waals surface area (Å²) in [5.74, 6) is -0.715. The molecular weight excluding hydrogens is 330 g/mol. The van der Waals surface area contributed by atoms with Gasteiger partial charge in [0, 0.05) is 10.9 Å². The van der Waals surface area contributed by atoms with E-state index in [0.29, 0.717) is 0 Å². The number of carbonyl (C=O) groups is 2. The second-order valence-corrected chi connectivity index (χ2v) is 6.24. The van der Waals surface area contributed by atoms with Crippen molar-refractivity contribution in [3.05, 3.63) is 71.0 Å². The van der Waals surface area contributed by atoms with Crippen LogP contribution < -0.4 is 5.32 Å². The van der Waals surface area contributed by atoms with E-state index in [-0.39, 0.29) is 25.5 Å². The van der Waals surface area contributed by atoms with Crippen molar-refractivity contribution in [3.63, 3.8) is 0 Å². The van der Waals surface area contributed by atoms with Crippen LogP contribution >= 0.6 is 0 Å². The second-order valence-electron chi connectivity index (χ2n) is 6.24. The van der Waals surface area contributed by atoms with Crippen LogP contribution in [0, 0.1) is 13.8 Å². The van der Waals surface area contributed by atoms with Crippen LogP contribution in [0.5, 0.6) is 0 Å². The van der Waals surface area contributed by atoms with Gasteiger partial charge < -0.3 is 14.5 Å². The molecule has 5 heteroatoms. The average molecular weight is 351 g/mol. The molecule has 3 aromatic rings. The number of rotatable bonds is 6. The Balaban J connectivity index is 1.51. The number of nitrogens with one attached hydrogen (secondary N) is 1. The Morgan fingerprint density at radius 1 is 1.08 bits per heavy atom. The summed E-state index contributed by atoms with van der Waals surface area (Å²) in [6, 6.07) is 13.4. The SMILES string of the molecule is Cc1ccc2c(CC(=O)NCC(=O)OCc3ccccc3)coc2c1C. The van der Waals surface area contributed by atoms with Crippen molar-refractivity contribution >= 4 is 22.8 Å². The lowest BCUT2D eigenvalue weighted by Crippen LogP contribution is -2.31. The van der Waals surface area contributed by atoms with Crippen molar-refractivity contribution in [2.24, 2.45) is 0 Å². The molecule has 0 aliphatic rings. The molecule has 26 heavy (non-hydrogen) atoms. The van der Waals surface area contributed by atoms with Gasteiger partial charge in [-0.05, 0) is 30.5 Å². The molecule has 134 valence electrons. The van der Waals surface area contributed by atoms with Gasteiger partial charge in [-0.25, -0.2) is 0 Å². The molecule has 3 rings (SSSR count). The van der Waals surface area contributed by atoms with Gasteiger partial charge in [-0.1, -0.05) is 42.5 Å². The molecule has 0 aliphatic carbocycles. The first-order valence-corrected chi connectivity index (χ1v) is 8.47. The molecule has 1 amide bonds. The highest BCUT2D eigenvalue weighted by Crippen LogP contribution is 2.26. The minimum absolute atomic E-state index is 0.153. The van der Waals surface area contributed by atoms with E-state index in [0.717, 1.165) is 33.2 Å². The predicted octanol–water partition coefficient (Wildman–Crippen LogP) is 3.45. The fourth-order valence-electron chi connectivity index (χ4n) is 2.72. The van der Waals surface area contributed by atoms with Gasteiger partial charge in [0.15, 0.2) is 0 Å². The van der Waals surface area contributed by atoms with Crippen LogP contribution in [0.3, 0.4) is 0 Å². The number of esters is 1.